The molecule has 0 bridgehead atoms. The molecule has 0 unspecified atom stereocenters. The third kappa shape index (κ3) is 3.87. The molecule has 0 heterocycles. The summed E-state index contributed by atoms with van der Waals surface area (Å²) in [6.07, 6.45) is 10.4. The smallest absolute Gasteiger partial charge is 0.118 e. The lowest BCUT2D eigenvalue weighted by Crippen LogP contribution is -2.62. The summed E-state index contributed by atoms with van der Waals surface area (Å²) in [7, 11) is 4.16. The molecule has 0 amide bonds. The molecule has 4 aliphatic rings. The second-order valence-corrected chi connectivity index (χ2v) is 12.1. The number of oxime groups is 1. The first-order valence-electron chi connectivity index (χ1n) is 12.8. The molecule has 5 heteroatoms. The molecule has 31 heavy (non-hydrogen) atoms. The zero-order valence-electron chi connectivity index (χ0n) is 20.6. The van der Waals surface area contributed by atoms with Gasteiger partial charge in [0.25, 0.3) is 0 Å². The van der Waals surface area contributed by atoms with Crippen molar-refractivity contribution in [1.29, 1.82) is 0 Å². The van der Waals surface area contributed by atoms with Crippen molar-refractivity contribution in [3.8, 4) is 0 Å². The molecule has 2 N–H and O–H groups in total. The molecule has 0 aromatic rings. The minimum absolute atomic E-state index is 0.105. The predicted octanol–water partition coefficient (Wildman–Crippen LogP) is 4.47. The van der Waals surface area contributed by atoms with E-state index in [1.165, 1.54) is 12.8 Å². The predicted molar refractivity (Wildman–Crippen MR) is 125 cm³/mol. The van der Waals surface area contributed by atoms with Crippen molar-refractivity contribution < 1.29 is 15.1 Å². The fraction of sp³-hybridized carbons (Fsp3) is 0.962. The standard InChI is InChI=1S/C26H46N2O3/c1-18(27-31-16-6-15-28(4)5)21-11-14-26(30)23-8-7-19-17-20(29)9-12-24(19,2)22(23)10-13-25(21,26)3/h19-23,29-30H,6-17H2,1-5H3/b27-18+/t19-,20+,21-,22+,23-,24+,25-,26+/m1/s1. The van der Waals surface area contributed by atoms with Crippen LogP contribution in [0.5, 0.6) is 0 Å². The first-order valence-corrected chi connectivity index (χ1v) is 12.8. The summed E-state index contributed by atoms with van der Waals surface area (Å²) < 4.78 is 0. The van der Waals surface area contributed by atoms with Crippen molar-refractivity contribution in [3.05, 3.63) is 0 Å². The minimum atomic E-state index is -0.591. The summed E-state index contributed by atoms with van der Waals surface area (Å²) in [6.45, 7) is 8.59. The highest BCUT2D eigenvalue weighted by Crippen LogP contribution is 2.69. The molecule has 4 fully saturated rings. The molecule has 4 rings (SSSR count). The quantitative estimate of drug-likeness (QED) is 0.368. The Morgan fingerprint density at radius 1 is 1.03 bits per heavy atom. The van der Waals surface area contributed by atoms with Crippen molar-refractivity contribution in [3.63, 3.8) is 0 Å². The Bertz CT molecular complexity index is 682. The molecule has 178 valence electrons. The first kappa shape index (κ1) is 23.5. The molecule has 0 aromatic heterocycles. The molecular weight excluding hydrogens is 388 g/mol. The third-order valence-electron chi connectivity index (χ3n) is 10.4. The van der Waals surface area contributed by atoms with Crippen LogP contribution in [0.3, 0.4) is 0 Å². The highest BCUT2D eigenvalue weighted by atomic mass is 16.6. The van der Waals surface area contributed by atoms with E-state index in [4.69, 9.17) is 4.84 Å². The lowest BCUT2D eigenvalue weighted by Gasteiger charge is -2.63. The number of hydrogen-bond donors (Lipinski definition) is 2. The van der Waals surface area contributed by atoms with Crippen molar-refractivity contribution in [2.75, 3.05) is 27.2 Å². The van der Waals surface area contributed by atoms with Crippen LogP contribution in [0, 0.1) is 34.5 Å². The molecule has 4 saturated carbocycles. The van der Waals surface area contributed by atoms with E-state index in [1.807, 2.05) is 0 Å². The molecule has 0 aliphatic heterocycles. The van der Waals surface area contributed by atoms with Gasteiger partial charge in [0.05, 0.1) is 17.4 Å². The van der Waals surface area contributed by atoms with Gasteiger partial charge < -0.3 is 20.0 Å². The van der Waals surface area contributed by atoms with Crippen LogP contribution in [-0.2, 0) is 4.84 Å². The Morgan fingerprint density at radius 3 is 2.55 bits per heavy atom. The zero-order chi connectivity index (χ0) is 22.4. The maximum absolute atomic E-state index is 12.3. The summed E-state index contributed by atoms with van der Waals surface area (Å²) in [4.78, 5) is 7.84. The molecule has 0 aromatic carbocycles. The second kappa shape index (κ2) is 8.61. The van der Waals surface area contributed by atoms with Crippen LogP contribution in [0.25, 0.3) is 0 Å². The van der Waals surface area contributed by atoms with E-state index in [-0.39, 0.29) is 16.9 Å². The van der Waals surface area contributed by atoms with E-state index in [1.54, 1.807) is 0 Å². The average molecular weight is 435 g/mol. The van der Waals surface area contributed by atoms with E-state index in [9.17, 15) is 10.2 Å². The number of aliphatic hydroxyl groups is 2. The monoisotopic (exact) mass is 434 g/mol. The van der Waals surface area contributed by atoms with E-state index in [2.05, 4.69) is 44.9 Å². The van der Waals surface area contributed by atoms with Crippen LogP contribution in [0.4, 0.5) is 0 Å². The van der Waals surface area contributed by atoms with Gasteiger partial charge >= 0.3 is 0 Å². The number of aliphatic hydroxyl groups excluding tert-OH is 1. The molecule has 8 atom stereocenters. The van der Waals surface area contributed by atoms with E-state index in [0.717, 1.165) is 63.6 Å². The van der Waals surface area contributed by atoms with Crippen molar-refractivity contribution in [2.45, 2.75) is 96.7 Å². The van der Waals surface area contributed by atoms with Crippen LogP contribution >= 0.6 is 0 Å². The van der Waals surface area contributed by atoms with Crippen LogP contribution < -0.4 is 0 Å². The molecule has 0 radical (unpaired) electrons. The van der Waals surface area contributed by atoms with Gasteiger partial charge in [0, 0.05) is 17.9 Å². The van der Waals surface area contributed by atoms with Gasteiger partial charge in [-0.15, -0.1) is 0 Å². The second-order valence-electron chi connectivity index (χ2n) is 12.1. The van der Waals surface area contributed by atoms with Gasteiger partial charge in [0.15, 0.2) is 0 Å². The Kier molecular flexibility index (Phi) is 6.53. The van der Waals surface area contributed by atoms with Gasteiger partial charge in [0.2, 0.25) is 0 Å². The molecule has 0 saturated heterocycles. The van der Waals surface area contributed by atoms with Gasteiger partial charge in [-0.3, -0.25) is 0 Å². The number of hydrogen-bond acceptors (Lipinski definition) is 5. The summed E-state index contributed by atoms with van der Waals surface area (Å²) in [5.41, 5.74) is 0.663. The number of rotatable bonds is 6. The SMILES string of the molecule is C/C(=N\OCCCN(C)C)[C@H]1CC[C@]2(O)[C@@H]3CC[C@@H]4C[C@@H](O)CC[C@]4(C)[C@H]3CC[C@]12C. The van der Waals surface area contributed by atoms with Gasteiger partial charge in [-0.1, -0.05) is 19.0 Å². The maximum Gasteiger partial charge on any atom is 0.118 e. The Balaban J connectivity index is 1.48. The molecule has 0 spiro atoms. The van der Waals surface area contributed by atoms with Gasteiger partial charge in [-0.25, -0.2) is 0 Å². The Hall–Kier alpha value is -0.650. The summed E-state index contributed by atoms with van der Waals surface area (Å²) in [5.74, 6) is 1.92. The van der Waals surface area contributed by atoms with Crippen LogP contribution in [-0.4, -0.2) is 59.8 Å². The summed E-state index contributed by atoms with van der Waals surface area (Å²) >= 11 is 0. The van der Waals surface area contributed by atoms with Crippen LogP contribution in [0.15, 0.2) is 5.16 Å². The van der Waals surface area contributed by atoms with Gasteiger partial charge in [-0.05, 0) is 108 Å². The zero-order valence-corrected chi connectivity index (χ0v) is 20.6. The third-order valence-corrected chi connectivity index (χ3v) is 10.4. The Labute approximate surface area is 189 Å². The molecule has 4 aliphatic carbocycles. The maximum atomic E-state index is 12.3. The van der Waals surface area contributed by atoms with Crippen LogP contribution in [0.1, 0.15) is 85.0 Å². The number of nitrogens with zero attached hydrogens (tertiary/aromatic N) is 2. The van der Waals surface area contributed by atoms with Gasteiger partial charge in [0.1, 0.15) is 6.61 Å². The van der Waals surface area contributed by atoms with E-state index < -0.39 is 5.60 Å². The fourth-order valence-corrected chi connectivity index (χ4v) is 8.53. The lowest BCUT2D eigenvalue weighted by atomic mass is 9.43. The summed E-state index contributed by atoms with van der Waals surface area (Å²) in [5, 5.41) is 27.0. The van der Waals surface area contributed by atoms with E-state index in [0.29, 0.717) is 30.3 Å². The normalized spacial score (nSPS) is 47.6. The van der Waals surface area contributed by atoms with Crippen molar-refractivity contribution >= 4 is 5.71 Å². The van der Waals surface area contributed by atoms with Crippen LogP contribution in [0.2, 0.25) is 0 Å². The first-order chi connectivity index (χ1) is 14.6. The van der Waals surface area contributed by atoms with Crippen molar-refractivity contribution in [1.82, 2.24) is 4.90 Å². The van der Waals surface area contributed by atoms with Gasteiger partial charge in [-0.2, -0.15) is 0 Å². The highest BCUT2D eigenvalue weighted by molar-refractivity contribution is 5.85. The molecular formula is C26H46N2O3. The minimum Gasteiger partial charge on any atom is -0.396 e. The molecule has 5 nitrogen and oxygen atoms in total. The fourth-order valence-electron chi connectivity index (χ4n) is 8.53. The average Bonchev–Trinajstić information content (AvgIpc) is 2.99. The lowest BCUT2D eigenvalue weighted by molar-refractivity contribution is -0.206. The highest BCUT2D eigenvalue weighted by Gasteiger charge is 2.67. The largest absolute Gasteiger partial charge is 0.396 e. The number of fused-ring (bicyclic) bond motifs is 5. The van der Waals surface area contributed by atoms with E-state index >= 15 is 0 Å². The topological polar surface area (TPSA) is 65.3 Å². The Morgan fingerprint density at radius 2 is 1.81 bits per heavy atom. The summed E-state index contributed by atoms with van der Waals surface area (Å²) in [6, 6.07) is 0. The van der Waals surface area contributed by atoms with Crippen molar-refractivity contribution in [2.24, 2.45) is 39.7 Å².